The number of imide groups is 1. The van der Waals surface area contributed by atoms with Crippen LogP contribution in [0.1, 0.15) is 17.3 Å². The van der Waals surface area contributed by atoms with E-state index in [4.69, 9.17) is 4.74 Å². The maximum absolute atomic E-state index is 12.8. The summed E-state index contributed by atoms with van der Waals surface area (Å²) in [6.45, 7) is 1.12. The van der Waals surface area contributed by atoms with Crippen LogP contribution in [0.5, 0.6) is 0 Å². The van der Waals surface area contributed by atoms with Crippen molar-refractivity contribution in [2.75, 3.05) is 11.5 Å². The number of aliphatic hydroxyl groups is 1. The van der Waals surface area contributed by atoms with Gasteiger partial charge in [-0.2, -0.15) is 0 Å². The summed E-state index contributed by atoms with van der Waals surface area (Å²) in [4.78, 5) is 38.0. The topological polar surface area (TPSA) is 83.9 Å². The van der Waals surface area contributed by atoms with Gasteiger partial charge in [-0.25, -0.2) is 4.90 Å². The van der Waals surface area contributed by atoms with Crippen LogP contribution in [0, 0.1) is 11.8 Å². The third-order valence-corrected chi connectivity index (χ3v) is 4.93. The number of nitrogens with zero attached hydrogens (tertiary/aromatic N) is 1. The van der Waals surface area contributed by atoms with Crippen LogP contribution >= 0.6 is 0 Å². The number of fused-ring (bicyclic) bond motifs is 5. The first-order valence-electron chi connectivity index (χ1n) is 7.45. The molecule has 3 aliphatic rings. The molecule has 3 aliphatic heterocycles. The molecule has 6 heteroatoms. The third-order valence-electron chi connectivity index (χ3n) is 4.93. The number of hydrogen-bond acceptors (Lipinski definition) is 5. The van der Waals surface area contributed by atoms with Crippen LogP contribution in [-0.4, -0.2) is 41.0 Å². The first kappa shape index (κ1) is 14.3. The van der Waals surface area contributed by atoms with Gasteiger partial charge in [-0.15, -0.1) is 0 Å². The zero-order valence-electron chi connectivity index (χ0n) is 12.4. The van der Waals surface area contributed by atoms with Crippen LogP contribution in [-0.2, 0) is 14.3 Å². The van der Waals surface area contributed by atoms with Crippen molar-refractivity contribution >= 4 is 23.3 Å². The molecule has 0 radical (unpaired) electrons. The summed E-state index contributed by atoms with van der Waals surface area (Å²) in [5, 5.41) is 9.65. The number of hydrogen-bond donors (Lipinski definition) is 1. The van der Waals surface area contributed by atoms with E-state index in [0.29, 0.717) is 11.3 Å². The molecule has 6 nitrogen and oxygen atoms in total. The summed E-state index contributed by atoms with van der Waals surface area (Å²) in [5.74, 6) is -2.05. The Labute approximate surface area is 132 Å². The van der Waals surface area contributed by atoms with Gasteiger partial charge in [0.05, 0.1) is 30.2 Å². The van der Waals surface area contributed by atoms with Crippen LogP contribution in [0.4, 0.5) is 5.69 Å². The number of benzene rings is 1. The Hall–Kier alpha value is -2.31. The quantitative estimate of drug-likeness (QED) is 0.504. The normalized spacial score (nSPS) is 34.3. The molecule has 1 aromatic rings. The Kier molecular flexibility index (Phi) is 2.86. The molecule has 3 heterocycles. The zero-order chi connectivity index (χ0) is 16.4. The molecule has 4 rings (SSSR count). The van der Waals surface area contributed by atoms with Gasteiger partial charge in [0.2, 0.25) is 11.8 Å². The molecule has 0 spiro atoms. The number of ether oxygens (including phenoxy) is 1. The summed E-state index contributed by atoms with van der Waals surface area (Å²) >= 11 is 0. The van der Waals surface area contributed by atoms with Crippen LogP contribution < -0.4 is 4.90 Å². The molecule has 0 unspecified atom stereocenters. The van der Waals surface area contributed by atoms with Crippen molar-refractivity contribution in [2.24, 2.45) is 11.8 Å². The van der Waals surface area contributed by atoms with E-state index in [1.807, 2.05) is 0 Å². The molecule has 0 saturated carbocycles. The average Bonchev–Trinajstić information content (AvgIpc) is 3.19. The lowest BCUT2D eigenvalue weighted by molar-refractivity contribution is -0.128. The molecular formula is C17H15NO5. The van der Waals surface area contributed by atoms with Crippen molar-refractivity contribution in [1.29, 1.82) is 0 Å². The molecule has 1 aromatic carbocycles. The molecule has 0 aliphatic carbocycles. The van der Waals surface area contributed by atoms with Crippen LogP contribution in [0.15, 0.2) is 36.4 Å². The molecule has 0 aromatic heterocycles. The largest absolute Gasteiger partial charge is 0.393 e. The molecule has 4 atom stereocenters. The fourth-order valence-electron chi connectivity index (χ4n) is 3.78. The minimum Gasteiger partial charge on any atom is -0.393 e. The number of aliphatic hydroxyl groups excluding tert-OH is 1. The standard InChI is InChI=1S/C17H15NO5/c1-9(20)10-2-4-11(5-3-10)18-15(21)13-12-6-7-17(8-19,23-12)14(13)16(18)22/h2-7,12-14,19H,8H2,1H3/t12-,13-,14-,17-/m0/s1. The Bertz CT molecular complexity index is 753. The second kappa shape index (κ2) is 4.59. The summed E-state index contributed by atoms with van der Waals surface area (Å²) in [6.07, 6.45) is 2.96. The summed E-state index contributed by atoms with van der Waals surface area (Å²) in [5.41, 5.74) is -0.132. The zero-order valence-corrected chi connectivity index (χ0v) is 12.4. The van der Waals surface area contributed by atoms with Crippen molar-refractivity contribution < 1.29 is 24.2 Å². The van der Waals surface area contributed by atoms with Gasteiger partial charge in [0.25, 0.3) is 0 Å². The van der Waals surface area contributed by atoms with E-state index < -0.39 is 23.5 Å². The number of anilines is 1. The maximum atomic E-state index is 12.8. The van der Waals surface area contributed by atoms with E-state index in [9.17, 15) is 19.5 Å². The highest BCUT2D eigenvalue weighted by molar-refractivity contribution is 6.23. The Morgan fingerprint density at radius 1 is 1.26 bits per heavy atom. The average molecular weight is 313 g/mol. The van der Waals surface area contributed by atoms with Crippen molar-refractivity contribution in [2.45, 2.75) is 18.6 Å². The lowest BCUT2D eigenvalue weighted by Crippen LogP contribution is -2.43. The van der Waals surface area contributed by atoms with Crippen molar-refractivity contribution in [1.82, 2.24) is 0 Å². The van der Waals surface area contributed by atoms with E-state index in [1.54, 1.807) is 36.4 Å². The predicted octanol–water partition coefficient (Wildman–Crippen LogP) is 0.694. The molecule has 2 saturated heterocycles. The van der Waals surface area contributed by atoms with Gasteiger partial charge in [0, 0.05) is 5.56 Å². The Balaban J connectivity index is 1.72. The summed E-state index contributed by atoms with van der Waals surface area (Å²) < 4.78 is 5.68. The van der Waals surface area contributed by atoms with E-state index in [1.165, 1.54) is 6.92 Å². The van der Waals surface area contributed by atoms with Crippen molar-refractivity contribution in [3.63, 3.8) is 0 Å². The SMILES string of the molecule is CC(=O)c1ccc(N2C(=O)[C@H]3[C@@H]4C=C[C@@](CO)(O4)[C@@H]3C2=O)cc1. The lowest BCUT2D eigenvalue weighted by Gasteiger charge is -2.26. The first-order chi connectivity index (χ1) is 11.0. The monoisotopic (exact) mass is 313 g/mol. The minimum absolute atomic E-state index is 0.0811. The van der Waals surface area contributed by atoms with Crippen LogP contribution in [0.3, 0.4) is 0 Å². The van der Waals surface area contributed by atoms with E-state index in [2.05, 4.69) is 0 Å². The van der Waals surface area contributed by atoms with Gasteiger partial charge in [0.1, 0.15) is 5.60 Å². The number of amides is 2. The molecular weight excluding hydrogens is 298 g/mol. The van der Waals surface area contributed by atoms with Crippen molar-refractivity contribution in [3.05, 3.63) is 42.0 Å². The van der Waals surface area contributed by atoms with Gasteiger partial charge in [-0.3, -0.25) is 14.4 Å². The molecule has 2 amide bonds. The first-order valence-corrected chi connectivity index (χ1v) is 7.45. The fraction of sp³-hybridized carbons (Fsp3) is 0.353. The number of carbonyl (C=O) groups is 3. The molecule has 2 bridgehead atoms. The third kappa shape index (κ3) is 1.73. The highest BCUT2D eigenvalue weighted by atomic mass is 16.5. The number of ketones is 1. The maximum Gasteiger partial charge on any atom is 0.241 e. The highest BCUT2D eigenvalue weighted by Crippen LogP contribution is 2.52. The second-order valence-corrected chi connectivity index (χ2v) is 6.17. The fourth-order valence-corrected chi connectivity index (χ4v) is 3.78. The van der Waals surface area contributed by atoms with Gasteiger partial charge in [0.15, 0.2) is 5.78 Å². The molecule has 1 N–H and O–H groups in total. The second-order valence-electron chi connectivity index (χ2n) is 6.17. The lowest BCUT2D eigenvalue weighted by atomic mass is 9.77. The summed E-state index contributed by atoms with van der Waals surface area (Å²) in [6, 6.07) is 6.37. The Morgan fingerprint density at radius 3 is 2.57 bits per heavy atom. The highest BCUT2D eigenvalue weighted by Gasteiger charge is 2.67. The van der Waals surface area contributed by atoms with Gasteiger partial charge < -0.3 is 9.84 Å². The van der Waals surface area contributed by atoms with E-state index in [0.717, 1.165) is 4.90 Å². The van der Waals surface area contributed by atoms with Gasteiger partial charge in [-0.05, 0) is 31.2 Å². The van der Waals surface area contributed by atoms with Crippen LogP contribution in [0.2, 0.25) is 0 Å². The van der Waals surface area contributed by atoms with E-state index in [-0.39, 0.29) is 24.2 Å². The van der Waals surface area contributed by atoms with Gasteiger partial charge >= 0.3 is 0 Å². The van der Waals surface area contributed by atoms with E-state index >= 15 is 0 Å². The Morgan fingerprint density at radius 2 is 1.96 bits per heavy atom. The molecule has 118 valence electrons. The summed E-state index contributed by atoms with van der Waals surface area (Å²) in [7, 11) is 0. The van der Waals surface area contributed by atoms with Gasteiger partial charge in [-0.1, -0.05) is 12.2 Å². The predicted molar refractivity (Wildman–Crippen MR) is 79.7 cm³/mol. The minimum atomic E-state index is -1.09. The molecule has 23 heavy (non-hydrogen) atoms. The number of Topliss-reactive ketones (excluding diaryl/α,β-unsaturated/α-hetero) is 1. The number of rotatable bonds is 3. The molecule has 2 fully saturated rings. The van der Waals surface area contributed by atoms with Crippen LogP contribution in [0.25, 0.3) is 0 Å². The van der Waals surface area contributed by atoms with Crippen molar-refractivity contribution in [3.8, 4) is 0 Å². The smallest absolute Gasteiger partial charge is 0.241 e. The number of carbonyl (C=O) groups excluding carboxylic acids is 3.